The van der Waals surface area contributed by atoms with E-state index in [9.17, 15) is 9.59 Å². The summed E-state index contributed by atoms with van der Waals surface area (Å²) in [5, 5.41) is 1.08. The Balaban J connectivity index is 1.44. The predicted octanol–water partition coefficient (Wildman–Crippen LogP) is 4.07. The molecule has 0 aliphatic carbocycles. The molecule has 36 heavy (non-hydrogen) atoms. The molecule has 7 nitrogen and oxygen atoms in total. The van der Waals surface area contributed by atoms with Crippen molar-refractivity contribution in [3.8, 4) is 11.5 Å². The van der Waals surface area contributed by atoms with E-state index >= 15 is 0 Å². The standard InChI is InChI=1S/C29H27N3O4/c1-35-19-13-11-18(12-14-19)16-31-17-26(33)32-24(29(31)34)15-22-20-7-3-5-9-23(20)30-27(22)28(32)21-8-4-6-10-25(21)36-2/h3-14,24,28,30H,15-17H2,1-2H3/t24-,28+/m0/s1. The number of nitrogens with one attached hydrogen (secondary N) is 1. The Morgan fingerprint density at radius 1 is 0.917 bits per heavy atom. The highest BCUT2D eigenvalue weighted by Gasteiger charge is 2.48. The normalized spacial score (nSPS) is 19.3. The van der Waals surface area contributed by atoms with E-state index < -0.39 is 12.1 Å². The number of hydrogen-bond donors (Lipinski definition) is 1. The first-order chi connectivity index (χ1) is 17.6. The van der Waals surface area contributed by atoms with Gasteiger partial charge in [-0.1, -0.05) is 48.5 Å². The van der Waals surface area contributed by atoms with Crippen LogP contribution in [0.2, 0.25) is 0 Å². The number of H-pyrrole nitrogens is 1. The van der Waals surface area contributed by atoms with Gasteiger partial charge in [-0.25, -0.2) is 0 Å². The monoisotopic (exact) mass is 481 g/mol. The van der Waals surface area contributed by atoms with Crippen molar-refractivity contribution in [2.75, 3.05) is 20.8 Å². The quantitative estimate of drug-likeness (QED) is 0.466. The fraction of sp³-hybridized carbons (Fsp3) is 0.241. The summed E-state index contributed by atoms with van der Waals surface area (Å²) >= 11 is 0. The van der Waals surface area contributed by atoms with E-state index in [1.54, 1.807) is 24.0 Å². The van der Waals surface area contributed by atoms with Crippen molar-refractivity contribution in [3.05, 3.63) is 95.2 Å². The molecule has 2 atom stereocenters. The van der Waals surface area contributed by atoms with Crippen LogP contribution in [0.1, 0.15) is 28.4 Å². The van der Waals surface area contributed by atoms with Crippen molar-refractivity contribution in [2.45, 2.75) is 25.0 Å². The summed E-state index contributed by atoms with van der Waals surface area (Å²) in [7, 11) is 3.25. The second-order valence-corrected chi connectivity index (χ2v) is 9.27. The van der Waals surface area contributed by atoms with E-state index in [1.165, 1.54) is 0 Å². The first-order valence-electron chi connectivity index (χ1n) is 12.0. The summed E-state index contributed by atoms with van der Waals surface area (Å²) in [6, 6.07) is 22.4. The maximum Gasteiger partial charge on any atom is 0.246 e. The molecule has 6 rings (SSSR count). The zero-order valence-corrected chi connectivity index (χ0v) is 20.2. The van der Waals surface area contributed by atoms with Crippen LogP contribution in [-0.2, 0) is 22.6 Å². The second kappa shape index (κ2) is 8.75. The maximum atomic E-state index is 13.9. The van der Waals surface area contributed by atoms with Crippen molar-refractivity contribution in [1.29, 1.82) is 0 Å². The molecule has 0 spiro atoms. The van der Waals surface area contributed by atoms with Crippen LogP contribution in [0, 0.1) is 0 Å². The molecular weight excluding hydrogens is 454 g/mol. The van der Waals surface area contributed by atoms with Crippen LogP contribution in [0.25, 0.3) is 10.9 Å². The van der Waals surface area contributed by atoms with Crippen molar-refractivity contribution in [2.24, 2.45) is 0 Å². The Morgan fingerprint density at radius 3 is 2.44 bits per heavy atom. The SMILES string of the molecule is COc1ccc(CN2CC(=O)N3[C@H](c4ccccc4OC)c4[nH]c5ccccc5c4C[C@H]3C2=O)cc1. The molecule has 1 aromatic heterocycles. The highest BCUT2D eigenvalue weighted by molar-refractivity contribution is 5.97. The van der Waals surface area contributed by atoms with Crippen molar-refractivity contribution < 1.29 is 19.1 Å². The number of rotatable bonds is 5. The van der Waals surface area contributed by atoms with Gasteiger partial charge in [0, 0.05) is 35.1 Å². The van der Waals surface area contributed by atoms with Gasteiger partial charge in [0.25, 0.3) is 0 Å². The molecule has 1 fully saturated rings. The van der Waals surface area contributed by atoms with Crippen LogP contribution >= 0.6 is 0 Å². The Morgan fingerprint density at radius 2 is 1.67 bits per heavy atom. The van der Waals surface area contributed by atoms with Gasteiger partial charge in [-0.2, -0.15) is 0 Å². The zero-order chi connectivity index (χ0) is 24.8. The lowest BCUT2D eigenvalue weighted by Gasteiger charge is -2.47. The summed E-state index contributed by atoms with van der Waals surface area (Å²) in [4.78, 5) is 34.6. The van der Waals surface area contributed by atoms with E-state index in [0.29, 0.717) is 18.7 Å². The highest BCUT2D eigenvalue weighted by Crippen LogP contribution is 2.44. The number of nitrogens with zero attached hydrogens (tertiary/aromatic N) is 2. The molecule has 0 bridgehead atoms. The van der Waals surface area contributed by atoms with Gasteiger partial charge < -0.3 is 24.3 Å². The number of carbonyl (C=O) groups excluding carboxylic acids is 2. The van der Waals surface area contributed by atoms with Crippen molar-refractivity contribution >= 4 is 22.7 Å². The van der Waals surface area contributed by atoms with E-state index in [1.807, 2.05) is 66.7 Å². The molecule has 2 amide bonds. The fourth-order valence-electron chi connectivity index (χ4n) is 5.63. The van der Waals surface area contributed by atoms with Gasteiger partial charge in [-0.15, -0.1) is 0 Å². The number of aromatic nitrogens is 1. The smallest absolute Gasteiger partial charge is 0.246 e. The van der Waals surface area contributed by atoms with Crippen LogP contribution in [-0.4, -0.2) is 53.4 Å². The van der Waals surface area contributed by atoms with Crippen LogP contribution in [0.5, 0.6) is 11.5 Å². The Hall–Kier alpha value is -4.26. The van der Waals surface area contributed by atoms with E-state index in [4.69, 9.17) is 9.47 Å². The molecule has 2 aliphatic rings. The largest absolute Gasteiger partial charge is 0.497 e. The maximum absolute atomic E-state index is 13.9. The number of benzene rings is 3. The average Bonchev–Trinajstić information content (AvgIpc) is 3.29. The Kier molecular flexibility index (Phi) is 5.40. The molecule has 3 aromatic carbocycles. The number of aromatic amines is 1. The minimum atomic E-state index is -0.592. The van der Waals surface area contributed by atoms with Gasteiger partial charge in [-0.05, 0) is 35.4 Å². The fourth-order valence-corrected chi connectivity index (χ4v) is 5.63. The molecule has 2 aliphatic heterocycles. The molecule has 0 saturated carbocycles. The summed E-state index contributed by atoms with van der Waals surface area (Å²) < 4.78 is 10.9. The minimum Gasteiger partial charge on any atom is -0.497 e. The van der Waals surface area contributed by atoms with Crippen molar-refractivity contribution in [1.82, 2.24) is 14.8 Å². The number of piperazine rings is 1. The lowest BCUT2D eigenvalue weighted by Crippen LogP contribution is -2.62. The van der Waals surface area contributed by atoms with Crippen LogP contribution in [0.3, 0.4) is 0 Å². The highest BCUT2D eigenvalue weighted by atomic mass is 16.5. The number of hydrogen-bond acceptors (Lipinski definition) is 4. The van der Waals surface area contributed by atoms with Gasteiger partial charge in [0.2, 0.25) is 11.8 Å². The summed E-state index contributed by atoms with van der Waals surface area (Å²) in [6.45, 7) is 0.404. The van der Waals surface area contributed by atoms with E-state index in [2.05, 4.69) is 11.1 Å². The molecule has 3 heterocycles. The van der Waals surface area contributed by atoms with Gasteiger partial charge in [0.15, 0.2) is 0 Å². The molecule has 0 radical (unpaired) electrons. The first kappa shape index (κ1) is 22.2. The molecule has 1 saturated heterocycles. The van der Waals surface area contributed by atoms with Gasteiger partial charge >= 0.3 is 0 Å². The number of fused-ring (bicyclic) bond motifs is 4. The van der Waals surface area contributed by atoms with Crippen LogP contribution in [0.15, 0.2) is 72.8 Å². The topological polar surface area (TPSA) is 74.9 Å². The Labute approximate surface area is 209 Å². The molecular formula is C29H27N3O4. The van der Waals surface area contributed by atoms with E-state index in [0.717, 1.165) is 39.0 Å². The van der Waals surface area contributed by atoms with Crippen molar-refractivity contribution in [3.63, 3.8) is 0 Å². The number of ether oxygens (including phenoxy) is 2. The summed E-state index contributed by atoms with van der Waals surface area (Å²) in [5.74, 6) is 1.33. The number of amides is 2. The minimum absolute atomic E-state index is 0.0303. The zero-order valence-electron chi connectivity index (χ0n) is 20.2. The molecule has 7 heteroatoms. The number of carbonyl (C=O) groups is 2. The third-order valence-electron chi connectivity index (χ3n) is 7.31. The predicted molar refractivity (Wildman–Crippen MR) is 136 cm³/mol. The summed E-state index contributed by atoms with van der Waals surface area (Å²) in [6.07, 6.45) is 0.467. The second-order valence-electron chi connectivity index (χ2n) is 9.27. The van der Waals surface area contributed by atoms with Gasteiger partial charge in [0.1, 0.15) is 30.1 Å². The first-order valence-corrected chi connectivity index (χ1v) is 12.0. The van der Waals surface area contributed by atoms with Crippen LogP contribution < -0.4 is 9.47 Å². The third kappa shape index (κ3) is 3.50. The molecule has 0 unspecified atom stereocenters. The Bertz CT molecular complexity index is 1460. The number of methoxy groups -OCH3 is 2. The van der Waals surface area contributed by atoms with Gasteiger partial charge in [-0.3, -0.25) is 9.59 Å². The molecule has 1 N–H and O–H groups in total. The van der Waals surface area contributed by atoms with Gasteiger partial charge in [0.05, 0.1) is 14.2 Å². The molecule has 182 valence electrons. The lowest BCUT2D eigenvalue weighted by molar-refractivity contribution is -0.159. The number of para-hydroxylation sites is 2. The summed E-state index contributed by atoms with van der Waals surface area (Å²) in [5.41, 5.74) is 4.84. The third-order valence-corrected chi connectivity index (χ3v) is 7.31. The van der Waals surface area contributed by atoms with E-state index in [-0.39, 0.29) is 18.4 Å². The molecule has 4 aromatic rings. The average molecular weight is 482 g/mol. The van der Waals surface area contributed by atoms with Crippen LogP contribution in [0.4, 0.5) is 0 Å². The lowest BCUT2D eigenvalue weighted by atomic mass is 9.86.